The van der Waals surface area contributed by atoms with Crippen molar-refractivity contribution >= 4 is 40.7 Å². The summed E-state index contributed by atoms with van der Waals surface area (Å²) in [7, 11) is 2.80. The Morgan fingerprint density at radius 2 is 2.00 bits per heavy atom. The van der Waals surface area contributed by atoms with Crippen LogP contribution < -0.4 is 5.32 Å². The van der Waals surface area contributed by atoms with Gasteiger partial charge in [-0.2, -0.15) is 0 Å². The summed E-state index contributed by atoms with van der Waals surface area (Å²) in [5, 5.41) is 12.9. The van der Waals surface area contributed by atoms with E-state index in [0.717, 1.165) is 17.0 Å². The van der Waals surface area contributed by atoms with Crippen LogP contribution >= 0.6 is 23.2 Å². The van der Waals surface area contributed by atoms with Crippen molar-refractivity contribution < 1.29 is 14.5 Å². The highest BCUT2D eigenvalue weighted by molar-refractivity contribution is 6.44. The fourth-order valence-corrected chi connectivity index (χ4v) is 1.81. The molecule has 7 nitrogen and oxygen atoms in total. The largest absolute Gasteiger partial charge is 0.358 e. The first-order chi connectivity index (χ1) is 9.27. The Bertz CT molecular complexity index is 577. The lowest BCUT2D eigenvalue weighted by molar-refractivity contribution is -0.384. The van der Waals surface area contributed by atoms with Gasteiger partial charge in [-0.25, -0.2) is 0 Å². The fourth-order valence-electron chi connectivity index (χ4n) is 1.41. The lowest BCUT2D eigenvalue weighted by Crippen LogP contribution is -2.37. The van der Waals surface area contributed by atoms with Crippen LogP contribution in [0.2, 0.25) is 10.0 Å². The number of benzene rings is 1. The van der Waals surface area contributed by atoms with Gasteiger partial charge in [-0.15, -0.1) is 0 Å². The van der Waals surface area contributed by atoms with Crippen LogP contribution in [0.3, 0.4) is 0 Å². The van der Waals surface area contributed by atoms with E-state index in [-0.39, 0.29) is 33.7 Å². The number of hydrogen-bond donors (Lipinski definition) is 1. The lowest BCUT2D eigenvalue weighted by Gasteiger charge is -2.17. The van der Waals surface area contributed by atoms with Gasteiger partial charge in [0.2, 0.25) is 5.91 Å². The van der Waals surface area contributed by atoms with Crippen LogP contribution in [0.15, 0.2) is 12.1 Å². The molecular formula is C11H11Cl2N3O4. The van der Waals surface area contributed by atoms with Crippen molar-refractivity contribution in [3.8, 4) is 0 Å². The number of nitrogens with zero attached hydrogens (tertiary/aromatic N) is 2. The number of carbonyl (C=O) groups is 2. The molecule has 0 bridgehead atoms. The third kappa shape index (κ3) is 3.58. The van der Waals surface area contributed by atoms with Gasteiger partial charge in [0.15, 0.2) is 0 Å². The molecule has 0 aliphatic heterocycles. The first-order valence-corrected chi connectivity index (χ1v) is 6.13. The van der Waals surface area contributed by atoms with E-state index in [4.69, 9.17) is 23.2 Å². The van der Waals surface area contributed by atoms with Crippen molar-refractivity contribution in [3.63, 3.8) is 0 Å². The zero-order valence-electron chi connectivity index (χ0n) is 10.6. The van der Waals surface area contributed by atoms with Crippen LogP contribution in [0.4, 0.5) is 5.69 Å². The second-order valence-electron chi connectivity index (χ2n) is 3.88. The Balaban J connectivity index is 3.15. The van der Waals surface area contributed by atoms with E-state index < -0.39 is 10.8 Å². The summed E-state index contributed by atoms with van der Waals surface area (Å²) < 4.78 is 0. The highest BCUT2D eigenvalue weighted by Gasteiger charge is 2.22. The number of non-ortho nitro benzene ring substituents is 1. The van der Waals surface area contributed by atoms with Crippen LogP contribution in [-0.4, -0.2) is 42.3 Å². The van der Waals surface area contributed by atoms with E-state index in [2.05, 4.69) is 5.32 Å². The minimum Gasteiger partial charge on any atom is -0.358 e. The summed E-state index contributed by atoms with van der Waals surface area (Å²) in [6, 6.07) is 2.08. The van der Waals surface area contributed by atoms with Gasteiger partial charge in [0.05, 0.1) is 27.1 Å². The summed E-state index contributed by atoms with van der Waals surface area (Å²) in [6.45, 7) is -0.202. The maximum atomic E-state index is 12.1. The molecule has 108 valence electrons. The highest BCUT2D eigenvalue weighted by atomic mass is 35.5. The maximum absolute atomic E-state index is 12.1. The van der Waals surface area contributed by atoms with Crippen LogP contribution in [0, 0.1) is 10.1 Å². The lowest BCUT2D eigenvalue weighted by atomic mass is 10.1. The van der Waals surface area contributed by atoms with Crippen LogP contribution in [0.1, 0.15) is 10.4 Å². The maximum Gasteiger partial charge on any atom is 0.271 e. The molecule has 1 aromatic rings. The number of likely N-dealkylation sites (N-methyl/N-ethyl adjacent to an activating group) is 2. The van der Waals surface area contributed by atoms with Gasteiger partial charge in [-0.3, -0.25) is 19.7 Å². The number of amides is 2. The Labute approximate surface area is 124 Å². The molecule has 0 radical (unpaired) electrons. The number of nitro groups is 1. The molecular weight excluding hydrogens is 309 g/mol. The monoisotopic (exact) mass is 319 g/mol. The van der Waals surface area contributed by atoms with Gasteiger partial charge < -0.3 is 10.2 Å². The minimum absolute atomic E-state index is 0.0916. The van der Waals surface area contributed by atoms with Crippen LogP contribution in [0.5, 0.6) is 0 Å². The smallest absolute Gasteiger partial charge is 0.271 e. The molecule has 0 heterocycles. The predicted octanol–water partition coefficient (Wildman–Crippen LogP) is 1.72. The normalized spacial score (nSPS) is 10.0. The third-order valence-electron chi connectivity index (χ3n) is 2.46. The molecule has 0 saturated carbocycles. The fraction of sp³-hybridized carbons (Fsp3) is 0.273. The third-order valence-corrected chi connectivity index (χ3v) is 3.26. The Morgan fingerprint density at radius 3 is 2.50 bits per heavy atom. The molecule has 2 amide bonds. The molecule has 20 heavy (non-hydrogen) atoms. The van der Waals surface area contributed by atoms with Gasteiger partial charge >= 0.3 is 0 Å². The molecule has 0 aliphatic carbocycles. The van der Waals surface area contributed by atoms with Gasteiger partial charge in [0, 0.05) is 26.2 Å². The molecule has 1 aromatic carbocycles. The molecule has 0 aliphatic rings. The SMILES string of the molecule is CNC(=O)CN(C)C(=O)c1cc([N+](=O)[O-])cc(Cl)c1Cl. The Kier molecular flexibility index (Phi) is 5.29. The van der Waals surface area contributed by atoms with Crippen molar-refractivity contribution in [2.24, 2.45) is 0 Å². The minimum atomic E-state index is -0.683. The average molecular weight is 320 g/mol. The van der Waals surface area contributed by atoms with Crippen LogP contribution in [-0.2, 0) is 4.79 Å². The molecule has 0 unspecified atom stereocenters. The summed E-state index contributed by atoms with van der Waals surface area (Å²) in [4.78, 5) is 34.5. The summed E-state index contributed by atoms with van der Waals surface area (Å²) >= 11 is 11.6. The topological polar surface area (TPSA) is 92.6 Å². The quantitative estimate of drug-likeness (QED) is 0.675. The highest BCUT2D eigenvalue weighted by Crippen LogP contribution is 2.31. The molecule has 9 heteroatoms. The number of nitro benzene ring substituents is 1. The first-order valence-electron chi connectivity index (χ1n) is 5.37. The second-order valence-corrected chi connectivity index (χ2v) is 4.67. The number of rotatable bonds is 4. The van der Waals surface area contributed by atoms with Crippen molar-refractivity contribution in [2.45, 2.75) is 0 Å². The second kappa shape index (κ2) is 6.53. The Hall–Kier alpha value is -1.86. The van der Waals surface area contributed by atoms with Crippen molar-refractivity contribution in [3.05, 3.63) is 37.9 Å². The van der Waals surface area contributed by atoms with Crippen molar-refractivity contribution in [1.82, 2.24) is 10.2 Å². The van der Waals surface area contributed by atoms with Gasteiger partial charge in [-0.1, -0.05) is 23.2 Å². The van der Waals surface area contributed by atoms with E-state index in [1.165, 1.54) is 14.1 Å². The van der Waals surface area contributed by atoms with Gasteiger partial charge in [-0.05, 0) is 0 Å². The molecule has 0 fully saturated rings. The van der Waals surface area contributed by atoms with Crippen molar-refractivity contribution in [1.29, 1.82) is 0 Å². The van der Waals surface area contributed by atoms with E-state index in [0.29, 0.717) is 0 Å². The standard InChI is InChI=1S/C11H11Cl2N3O4/c1-14-9(17)5-15(2)11(18)7-3-6(16(19)20)4-8(12)10(7)13/h3-4H,5H2,1-2H3,(H,14,17). The van der Waals surface area contributed by atoms with Gasteiger partial charge in [0.1, 0.15) is 0 Å². The molecule has 1 rings (SSSR count). The van der Waals surface area contributed by atoms with E-state index in [1.807, 2.05) is 0 Å². The number of hydrogen-bond acceptors (Lipinski definition) is 4. The number of carbonyl (C=O) groups excluding carboxylic acids is 2. The zero-order valence-corrected chi connectivity index (χ0v) is 12.2. The zero-order chi connectivity index (χ0) is 15.4. The number of nitrogens with one attached hydrogen (secondary N) is 1. The molecule has 0 spiro atoms. The predicted molar refractivity (Wildman–Crippen MR) is 74.1 cm³/mol. The van der Waals surface area contributed by atoms with E-state index in [1.54, 1.807) is 0 Å². The van der Waals surface area contributed by atoms with E-state index in [9.17, 15) is 19.7 Å². The number of halogens is 2. The van der Waals surface area contributed by atoms with Crippen molar-refractivity contribution in [2.75, 3.05) is 20.6 Å². The van der Waals surface area contributed by atoms with Gasteiger partial charge in [0.25, 0.3) is 11.6 Å². The summed E-state index contributed by atoms with van der Waals surface area (Å²) in [5.74, 6) is -1.02. The molecule has 0 aromatic heterocycles. The summed E-state index contributed by atoms with van der Waals surface area (Å²) in [5.41, 5.74) is -0.478. The van der Waals surface area contributed by atoms with Crippen LogP contribution in [0.25, 0.3) is 0 Å². The van der Waals surface area contributed by atoms with E-state index >= 15 is 0 Å². The first kappa shape index (κ1) is 16.2. The molecule has 0 atom stereocenters. The Morgan fingerprint density at radius 1 is 1.40 bits per heavy atom. The summed E-state index contributed by atoms with van der Waals surface area (Å²) in [6.07, 6.45) is 0. The molecule has 1 N–H and O–H groups in total. The molecule has 0 saturated heterocycles. The average Bonchev–Trinajstić information content (AvgIpc) is 2.40.